The lowest BCUT2D eigenvalue weighted by Crippen LogP contribution is -2.60. The number of aliphatic hydroxyl groups is 1. The maximum absolute atomic E-state index is 12.6. The van der Waals surface area contributed by atoms with Crippen LogP contribution in [0.1, 0.15) is 53.4 Å². The lowest BCUT2D eigenvalue weighted by atomic mass is 9.79. The summed E-state index contributed by atoms with van der Waals surface area (Å²) >= 11 is 0. The number of methoxy groups -OCH3 is 1. The van der Waals surface area contributed by atoms with Gasteiger partial charge >= 0.3 is 11.9 Å². The first kappa shape index (κ1) is 17.9. The Kier molecular flexibility index (Phi) is 5.75. The van der Waals surface area contributed by atoms with E-state index in [4.69, 9.17) is 9.47 Å². The number of hydrogen-bond acceptors (Lipinski definition) is 6. The summed E-state index contributed by atoms with van der Waals surface area (Å²) in [7, 11) is 1.31. The van der Waals surface area contributed by atoms with E-state index in [9.17, 15) is 14.7 Å². The summed E-state index contributed by atoms with van der Waals surface area (Å²) < 4.78 is 10.2. The van der Waals surface area contributed by atoms with Crippen molar-refractivity contribution in [2.45, 2.75) is 76.7 Å². The molecule has 0 spiro atoms. The average molecular weight is 301 g/mol. The minimum atomic E-state index is -0.944. The fourth-order valence-electron chi connectivity index (χ4n) is 2.53. The van der Waals surface area contributed by atoms with Crippen LogP contribution in [0.4, 0.5) is 0 Å². The van der Waals surface area contributed by atoms with Crippen LogP contribution in [0.2, 0.25) is 0 Å². The van der Waals surface area contributed by atoms with Crippen molar-refractivity contribution >= 4 is 11.9 Å². The highest BCUT2D eigenvalue weighted by molar-refractivity contribution is 5.83. The lowest BCUT2D eigenvalue weighted by Gasteiger charge is -2.40. The third kappa shape index (κ3) is 4.97. The van der Waals surface area contributed by atoms with Crippen molar-refractivity contribution < 1.29 is 24.2 Å². The highest BCUT2D eigenvalue weighted by atomic mass is 16.6. The summed E-state index contributed by atoms with van der Waals surface area (Å²) in [5, 5.41) is 12.7. The summed E-state index contributed by atoms with van der Waals surface area (Å²) in [6.07, 6.45) is 1.46. The standard InChI is InChI=1S/C15H27NO5/c1-10(12(18)20-5)16-15(8-6-11(17)7-9-15)13(19)21-14(2,3)4/h10-11,16-17H,6-9H2,1-5H3/t10-,11?,15?/m0/s1. The fraction of sp³-hybridized carbons (Fsp3) is 0.867. The Morgan fingerprint density at radius 2 is 1.81 bits per heavy atom. The molecule has 0 unspecified atom stereocenters. The first-order valence-corrected chi connectivity index (χ1v) is 7.37. The van der Waals surface area contributed by atoms with Gasteiger partial charge in [-0.1, -0.05) is 0 Å². The second-order valence-corrected chi connectivity index (χ2v) is 6.70. The first-order valence-electron chi connectivity index (χ1n) is 7.37. The molecule has 0 heterocycles. The van der Waals surface area contributed by atoms with Crippen LogP contribution in [-0.4, -0.2) is 47.4 Å². The number of nitrogens with one attached hydrogen (secondary N) is 1. The summed E-state index contributed by atoms with van der Waals surface area (Å²) in [6, 6.07) is -0.613. The Bertz CT molecular complexity index is 380. The second kappa shape index (κ2) is 6.75. The topological polar surface area (TPSA) is 84.9 Å². The molecule has 1 atom stereocenters. The van der Waals surface area contributed by atoms with Crippen LogP contribution in [0.5, 0.6) is 0 Å². The minimum Gasteiger partial charge on any atom is -0.468 e. The molecule has 1 aliphatic rings. The van der Waals surface area contributed by atoms with Crippen LogP contribution in [0.25, 0.3) is 0 Å². The summed E-state index contributed by atoms with van der Waals surface area (Å²) in [6.45, 7) is 7.07. The van der Waals surface area contributed by atoms with Gasteiger partial charge in [0.15, 0.2) is 0 Å². The van der Waals surface area contributed by atoms with Gasteiger partial charge in [0.05, 0.1) is 13.2 Å². The molecule has 2 N–H and O–H groups in total. The molecule has 122 valence electrons. The number of aliphatic hydroxyl groups excluding tert-OH is 1. The van der Waals surface area contributed by atoms with Crippen LogP contribution in [0.3, 0.4) is 0 Å². The van der Waals surface area contributed by atoms with E-state index < -0.39 is 29.3 Å². The zero-order chi connectivity index (χ0) is 16.3. The van der Waals surface area contributed by atoms with Crippen molar-refractivity contribution in [2.24, 2.45) is 0 Å². The van der Waals surface area contributed by atoms with E-state index in [-0.39, 0.29) is 5.97 Å². The Balaban J connectivity index is 2.90. The van der Waals surface area contributed by atoms with Gasteiger partial charge in [-0.15, -0.1) is 0 Å². The highest BCUT2D eigenvalue weighted by Gasteiger charge is 2.45. The summed E-state index contributed by atoms with van der Waals surface area (Å²) in [5.41, 5.74) is -1.55. The van der Waals surface area contributed by atoms with Gasteiger partial charge in [0, 0.05) is 0 Å². The normalized spacial score (nSPS) is 27.8. The van der Waals surface area contributed by atoms with E-state index in [2.05, 4.69) is 5.32 Å². The molecule has 6 nitrogen and oxygen atoms in total. The van der Waals surface area contributed by atoms with Crippen LogP contribution in [-0.2, 0) is 19.1 Å². The molecule has 1 aliphatic carbocycles. The number of esters is 2. The Labute approximate surface area is 126 Å². The van der Waals surface area contributed by atoms with Gasteiger partial charge in [-0.3, -0.25) is 14.9 Å². The minimum absolute atomic E-state index is 0.377. The zero-order valence-electron chi connectivity index (χ0n) is 13.6. The van der Waals surface area contributed by atoms with Crippen LogP contribution < -0.4 is 5.32 Å². The molecule has 0 bridgehead atoms. The summed E-state index contributed by atoms with van der Waals surface area (Å²) in [5.74, 6) is -0.804. The predicted molar refractivity (Wildman–Crippen MR) is 77.7 cm³/mol. The smallest absolute Gasteiger partial charge is 0.326 e. The first-order chi connectivity index (χ1) is 9.59. The van der Waals surface area contributed by atoms with Crippen molar-refractivity contribution in [2.75, 3.05) is 7.11 Å². The van der Waals surface area contributed by atoms with Crippen LogP contribution >= 0.6 is 0 Å². The molecule has 6 heteroatoms. The van der Waals surface area contributed by atoms with E-state index in [1.165, 1.54) is 7.11 Å². The molecule has 0 amide bonds. The number of ether oxygens (including phenoxy) is 2. The van der Waals surface area contributed by atoms with Gasteiger partial charge in [0.25, 0.3) is 0 Å². The third-order valence-electron chi connectivity index (χ3n) is 3.65. The van der Waals surface area contributed by atoms with Crippen molar-refractivity contribution in [3.05, 3.63) is 0 Å². The highest BCUT2D eigenvalue weighted by Crippen LogP contribution is 2.31. The Hall–Kier alpha value is -1.14. The predicted octanol–water partition coefficient (Wildman–Crippen LogP) is 1.15. The van der Waals surface area contributed by atoms with Gasteiger partial charge in [-0.25, -0.2) is 0 Å². The molecule has 0 aromatic heterocycles. The van der Waals surface area contributed by atoms with Crippen molar-refractivity contribution in [3.63, 3.8) is 0 Å². The van der Waals surface area contributed by atoms with E-state index in [1.807, 2.05) is 0 Å². The van der Waals surface area contributed by atoms with Crippen LogP contribution in [0.15, 0.2) is 0 Å². The van der Waals surface area contributed by atoms with E-state index in [1.54, 1.807) is 27.7 Å². The molecule has 1 rings (SSSR count). The number of hydrogen-bond donors (Lipinski definition) is 2. The van der Waals surface area contributed by atoms with Gasteiger partial charge in [-0.2, -0.15) is 0 Å². The molecule has 0 aromatic rings. The molecular formula is C15H27NO5. The number of rotatable bonds is 4. The third-order valence-corrected chi connectivity index (χ3v) is 3.65. The molecule has 0 aromatic carbocycles. The average Bonchev–Trinajstić information content (AvgIpc) is 2.38. The molecule has 1 fully saturated rings. The van der Waals surface area contributed by atoms with E-state index in [0.717, 1.165) is 0 Å². The van der Waals surface area contributed by atoms with Crippen LogP contribution in [0, 0.1) is 0 Å². The molecule has 0 saturated heterocycles. The van der Waals surface area contributed by atoms with Crippen molar-refractivity contribution in [1.29, 1.82) is 0 Å². The molecule has 0 radical (unpaired) electrons. The Morgan fingerprint density at radius 3 is 2.24 bits per heavy atom. The van der Waals surface area contributed by atoms with Gasteiger partial charge in [0.1, 0.15) is 17.2 Å². The SMILES string of the molecule is COC(=O)[C@H](C)NC1(C(=O)OC(C)(C)C)CCC(O)CC1. The summed E-state index contributed by atoms with van der Waals surface area (Å²) in [4.78, 5) is 24.2. The maximum Gasteiger partial charge on any atom is 0.326 e. The monoisotopic (exact) mass is 301 g/mol. The van der Waals surface area contributed by atoms with Crippen molar-refractivity contribution in [3.8, 4) is 0 Å². The van der Waals surface area contributed by atoms with E-state index >= 15 is 0 Å². The van der Waals surface area contributed by atoms with Gasteiger partial charge in [0.2, 0.25) is 0 Å². The fourth-order valence-corrected chi connectivity index (χ4v) is 2.53. The van der Waals surface area contributed by atoms with Gasteiger partial charge in [-0.05, 0) is 53.4 Å². The maximum atomic E-state index is 12.6. The lowest BCUT2D eigenvalue weighted by molar-refractivity contribution is -0.167. The molecule has 21 heavy (non-hydrogen) atoms. The quantitative estimate of drug-likeness (QED) is 0.758. The number of carbonyl (C=O) groups is 2. The van der Waals surface area contributed by atoms with Crippen molar-refractivity contribution in [1.82, 2.24) is 5.32 Å². The largest absolute Gasteiger partial charge is 0.468 e. The molecular weight excluding hydrogens is 274 g/mol. The molecule has 0 aliphatic heterocycles. The van der Waals surface area contributed by atoms with E-state index in [0.29, 0.717) is 25.7 Å². The Morgan fingerprint density at radius 1 is 1.29 bits per heavy atom. The molecule has 1 saturated carbocycles. The zero-order valence-corrected chi connectivity index (χ0v) is 13.6. The number of carbonyl (C=O) groups excluding carboxylic acids is 2. The van der Waals surface area contributed by atoms with Gasteiger partial charge < -0.3 is 14.6 Å². The second-order valence-electron chi connectivity index (χ2n) is 6.70.